The Bertz CT molecular complexity index is 868. The lowest BCUT2D eigenvalue weighted by molar-refractivity contribution is -0.129. The molecule has 4 heterocycles. The lowest BCUT2D eigenvalue weighted by atomic mass is 10.1. The quantitative estimate of drug-likeness (QED) is 0.589. The van der Waals surface area contributed by atoms with Crippen molar-refractivity contribution in [3.05, 3.63) is 29.6 Å². The molecule has 1 amide bonds. The van der Waals surface area contributed by atoms with Crippen molar-refractivity contribution in [3.63, 3.8) is 0 Å². The number of carbonyl (C=O) groups is 1. The number of rotatable bonds is 5. The van der Waals surface area contributed by atoms with Gasteiger partial charge < -0.3 is 9.88 Å². The fraction of sp³-hybridized carbons (Fsp3) is 0.400. The first-order valence-electron chi connectivity index (χ1n) is 8.11. The van der Waals surface area contributed by atoms with E-state index in [1.807, 2.05) is 11.8 Å². The van der Waals surface area contributed by atoms with Crippen LogP contribution in [-0.4, -0.2) is 58.5 Å². The van der Waals surface area contributed by atoms with Gasteiger partial charge in [0, 0.05) is 25.6 Å². The Morgan fingerprint density at radius 1 is 1.40 bits per heavy atom. The smallest absolute Gasteiger partial charge is 0.233 e. The minimum absolute atomic E-state index is 0.0814. The van der Waals surface area contributed by atoms with Gasteiger partial charge in [0.1, 0.15) is 11.6 Å². The minimum Gasteiger partial charge on any atom is -0.340 e. The molecule has 0 aromatic carbocycles. The van der Waals surface area contributed by atoms with Crippen LogP contribution in [0.3, 0.4) is 0 Å². The van der Waals surface area contributed by atoms with Crippen LogP contribution in [-0.2, 0) is 24.2 Å². The zero-order chi connectivity index (χ0) is 17.2. The fourth-order valence-electron chi connectivity index (χ4n) is 2.74. The molecule has 0 spiro atoms. The van der Waals surface area contributed by atoms with E-state index < -0.39 is 0 Å². The number of carbonyl (C=O) groups excluding carboxylic acids is 1. The number of hydrogen-bond donors (Lipinski definition) is 3. The second kappa shape index (κ2) is 6.71. The second-order valence-electron chi connectivity index (χ2n) is 5.77. The van der Waals surface area contributed by atoms with E-state index >= 15 is 0 Å². The van der Waals surface area contributed by atoms with Crippen LogP contribution in [0, 0.1) is 0 Å². The molecule has 0 fully saturated rings. The maximum absolute atomic E-state index is 12.5. The van der Waals surface area contributed by atoms with Gasteiger partial charge >= 0.3 is 0 Å². The van der Waals surface area contributed by atoms with Crippen LogP contribution in [0.15, 0.2) is 17.6 Å². The van der Waals surface area contributed by atoms with E-state index in [4.69, 9.17) is 0 Å². The number of thioether (sulfide) groups is 1. The molecule has 0 radical (unpaired) electrons. The van der Waals surface area contributed by atoms with Crippen LogP contribution in [0.25, 0.3) is 11.4 Å². The van der Waals surface area contributed by atoms with Gasteiger partial charge in [-0.15, -0.1) is 5.10 Å². The SMILES string of the molecule is CCc1nc(SCC(=O)N2CCc3nc(-c4cn[nH]c4)[nH]c3C2)n[nH]1. The van der Waals surface area contributed by atoms with Gasteiger partial charge in [-0.1, -0.05) is 18.7 Å². The first-order valence-corrected chi connectivity index (χ1v) is 9.10. The molecule has 10 heteroatoms. The summed E-state index contributed by atoms with van der Waals surface area (Å²) in [5.74, 6) is 2.04. The van der Waals surface area contributed by atoms with E-state index in [1.54, 1.807) is 12.4 Å². The van der Waals surface area contributed by atoms with Crippen LogP contribution in [0.4, 0.5) is 0 Å². The van der Waals surface area contributed by atoms with Crippen molar-refractivity contribution in [2.75, 3.05) is 12.3 Å². The third kappa shape index (κ3) is 3.29. The molecule has 130 valence electrons. The summed E-state index contributed by atoms with van der Waals surface area (Å²) in [4.78, 5) is 26.6. The Labute approximate surface area is 148 Å². The molecular weight excluding hydrogens is 340 g/mol. The molecule has 1 aliphatic heterocycles. The van der Waals surface area contributed by atoms with Gasteiger partial charge in [0.05, 0.1) is 35.4 Å². The predicted molar refractivity (Wildman–Crippen MR) is 91.8 cm³/mol. The highest BCUT2D eigenvalue weighted by atomic mass is 32.2. The average molecular weight is 358 g/mol. The standard InChI is InChI=1S/C15H18N8OS/c1-2-12-20-15(22-21-12)25-8-13(24)23-4-3-10-11(7-23)19-14(18-10)9-5-16-17-6-9/h5-6H,2-4,7-8H2,1H3,(H,16,17)(H,18,19)(H,20,21,22). The van der Waals surface area contributed by atoms with E-state index in [2.05, 4.69) is 35.3 Å². The molecule has 1 aliphatic rings. The summed E-state index contributed by atoms with van der Waals surface area (Å²) in [6, 6.07) is 0. The van der Waals surface area contributed by atoms with E-state index in [-0.39, 0.29) is 5.91 Å². The molecule has 4 rings (SSSR count). The summed E-state index contributed by atoms with van der Waals surface area (Å²) in [5, 5.41) is 14.3. The third-order valence-corrected chi connectivity index (χ3v) is 4.96. The maximum Gasteiger partial charge on any atom is 0.233 e. The number of imidazole rings is 1. The average Bonchev–Trinajstić information content (AvgIpc) is 3.38. The van der Waals surface area contributed by atoms with Crippen molar-refractivity contribution in [3.8, 4) is 11.4 Å². The van der Waals surface area contributed by atoms with E-state index in [0.29, 0.717) is 24.0 Å². The van der Waals surface area contributed by atoms with Crippen LogP contribution in [0.5, 0.6) is 0 Å². The normalized spacial score (nSPS) is 13.9. The molecule has 0 saturated heterocycles. The molecule has 3 N–H and O–H groups in total. The summed E-state index contributed by atoms with van der Waals surface area (Å²) in [6.07, 6.45) is 5.08. The third-order valence-electron chi connectivity index (χ3n) is 4.13. The van der Waals surface area contributed by atoms with Gasteiger partial charge in [-0.3, -0.25) is 15.0 Å². The second-order valence-corrected chi connectivity index (χ2v) is 6.71. The van der Waals surface area contributed by atoms with Gasteiger partial charge in [0.2, 0.25) is 11.1 Å². The molecule has 3 aromatic heterocycles. The van der Waals surface area contributed by atoms with Crippen LogP contribution >= 0.6 is 11.8 Å². The number of nitrogens with zero attached hydrogens (tertiary/aromatic N) is 5. The van der Waals surface area contributed by atoms with E-state index in [1.165, 1.54) is 11.8 Å². The zero-order valence-electron chi connectivity index (χ0n) is 13.7. The van der Waals surface area contributed by atoms with Crippen LogP contribution in [0.2, 0.25) is 0 Å². The summed E-state index contributed by atoms with van der Waals surface area (Å²) < 4.78 is 0. The number of H-pyrrole nitrogens is 3. The summed E-state index contributed by atoms with van der Waals surface area (Å²) >= 11 is 1.36. The monoisotopic (exact) mass is 358 g/mol. The largest absolute Gasteiger partial charge is 0.340 e. The van der Waals surface area contributed by atoms with Crippen LogP contribution < -0.4 is 0 Å². The molecule has 9 nitrogen and oxygen atoms in total. The predicted octanol–water partition coefficient (Wildman–Crippen LogP) is 1.16. The van der Waals surface area contributed by atoms with E-state index in [9.17, 15) is 4.79 Å². The fourth-order valence-corrected chi connectivity index (χ4v) is 3.46. The highest BCUT2D eigenvalue weighted by Gasteiger charge is 2.24. The topological polar surface area (TPSA) is 119 Å². The van der Waals surface area contributed by atoms with Crippen molar-refractivity contribution in [1.82, 2.24) is 40.2 Å². The number of amides is 1. The highest BCUT2D eigenvalue weighted by molar-refractivity contribution is 7.99. The lowest BCUT2D eigenvalue weighted by Crippen LogP contribution is -2.37. The minimum atomic E-state index is 0.0814. The van der Waals surface area contributed by atoms with Gasteiger partial charge in [0.15, 0.2) is 0 Å². The molecule has 0 bridgehead atoms. The number of nitrogens with one attached hydrogen (secondary N) is 3. The molecule has 25 heavy (non-hydrogen) atoms. The summed E-state index contributed by atoms with van der Waals surface area (Å²) in [7, 11) is 0. The summed E-state index contributed by atoms with van der Waals surface area (Å²) in [5.41, 5.74) is 2.93. The molecule has 0 atom stereocenters. The summed E-state index contributed by atoms with van der Waals surface area (Å²) in [6.45, 7) is 3.23. The van der Waals surface area contributed by atoms with Gasteiger partial charge in [-0.2, -0.15) is 5.10 Å². The van der Waals surface area contributed by atoms with E-state index in [0.717, 1.165) is 41.4 Å². The van der Waals surface area contributed by atoms with Crippen molar-refractivity contribution in [1.29, 1.82) is 0 Å². The Balaban J connectivity index is 1.39. The van der Waals surface area contributed by atoms with Gasteiger partial charge in [-0.05, 0) is 0 Å². The van der Waals surface area contributed by atoms with Crippen LogP contribution in [0.1, 0.15) is 24.1 Å². The lowest BCUT2D eigenvalue weighted by Gasteiger charge is -2.25. The Kier molecular flexibility index (Phi) is 4.26. The zero-order valence-corrected chi connectivity index (χ0v) is 14.6. The maximum atomic E-state index is 12.5. The first kappa shape index (κ1) is 15.9. The molecular formula is C15H18N8OS. The number of hydrogen-bond acceptors (Lipinski definition) is 6. The van der Waals surface area contributed by atoms with Gasteiger partial charge in [-0.25, -0.2) is 9.97 Å². The van der Waals surface area contributed by atoms with Crippen molar-refractivity contribution >= 4 is 17.7 Å². The number of aromatic nitrogens is 7. The van der Waals surface area contributed by atoms with Crippen molar-refractivity contribution in [2.45, 2.75) is 31.5 Å². The van der Waals surface area contributed by atoms with Crippen molar-refractivity contribution in [2.24, 2.45) is 0 Å². The molecule has 3 aromatic rings. The number of fused-ring (bicyclic) bond motifs is 1. The first-order chi connectivity index (χ1) is 12.2. The molecule has 0 unspecified atom stereocenters. The molecule has 0 saturated carbocycles. The Morgan fingerprint density at radius 3 is 3.08 bits per heavy atom. The Morgan fingerprint density at radius 2 is 2.32 bits per heavy atom. The van der Waals surface area contributed by atoms with Crippen molar-refractivity contribution < 1.29 is 4.79 Å². The Hall–Kier alpha value is -2.62. The van der Waals surface area contributed by atoms with Gasteiger partial charge in [0.25, 0.3) is 0 Å². The number of aromatic amines is 3. The highest BCUT2D eigenvalue weighted by Crippen LogP contribution is 2.23. The number of aryl methyl sites for hydroxylation is 1. The molecule has 0 aliphatic carbocycles.